The van der Waals surface area contributed by atoms with Gasteiger partial charge < -0.3 is 10.4 Å². The van der Waals surface area contributed by atoms with Gasteiger partial charge in [-0.2, -0.15) is 11.8 Å². The summed E-state index contributed by atoms with van der Waals surface area (Å²) < 4.78 is 0.694. The first kappa shape index (κ1) is 13.3. The minimum absolute atomic E-state index is 0.00932. The summed E-state index contributed by atoms with van der Waals surface area (Å²) in [4.78, 5) is 16.1. The zero-order chi connectivity index (χ0) is 12.3. The second kappa shape index (κ2) is 5.69. The fourth-order valence-corrected chi connectivity index (χ4v) is 4.01. The summed E-state index contributed by atoms with van der Waals surface area (Å²) in [5.74, 6) is 1.75. The van der Waals surface area contributed by atoms with Crippen LogP contribution in [-0.2, 0) is 0 Å². The van der Waals surface area contributed by atoms with Crippen LogP contribution in [0.5, 0.6) is 0 Å². The minimum atomic E-state index is -0.460. The van der Waals surface area contributed by atoms with Gasteiger partial charge in [0.15, 0.2) is 3.92 Å². The molecule has 1 aliphatic rings. The number of aliphatic hydroxyl groups is 1. The van der Waals surface area contributed by atoms with Crippen LogP contribution in [0.25, 0.3) is 0 Å². The Morgan fingerprint density at radius 2 is 2.29 bits per heavy atom. The molecule has 17 heavy (non-hydrogen) atoms. The van der Waals surface area contributed by atoms with Gasteiger partial charge in [-0.1, -0.05) is 0 Å². The molecule has 1 saturated heterocycles. The van der Waals surface area contributed by atoms with Gasteiger partial charge >= 0.3 is 0 Å². The number of thioether (sulfide) groups is 1. The number of thiazole rings is 1. The second-order valence-electron chi connectivity index (χ2n) is 3.99. The van der Waals surface area contributed by atoms with Gasteiger partial charge in [0.25, 0.3) is 5.91 Å². The first-order valence-electron chi connectivity index (χ1n) is 5.27. The number of aliphatic hydroxyl groups excluding tert-OH is 1. The van der Waals surface area contributed by atoms with E-state index in [0.717, 1.165) is 24.3 Å². The van der Waals surface area contributed by atoms with Gasteiger partial charge in [-0.25, -0.2) is 4.98 Å². The fraction of sp³-hybridized carbons (Fsp3) is 0.600. The van der Waals surface area contributed by atoms with Crippen molar-refractivity contribution >= 4 is 44.9 Å². The Labute approximate surface area is 116 Å². The number of hydrogen-bond acceptors (Lipinski definition) is 5. The molecule has 0 aliphatic carbocycles. The van der Waals surface area contributed by atoms with E-state index in [1.54, 1.807) is 5.38 Å². The van der Waals surface area contributed by atoms with Crippen molar-refractivity contribution in [2.75, 3.05) is 18.1 Å². The van der Waals surface area contributed by atoms with Crippen LogP contribution in [-0.4, -0.2) is 39.6 Å². The maximum absolute atomic E-state index is 12.0. The van der Waals surface area contributed by atoms with E-state index in [1.165, 1.54) is 11.3 Å². The Morgan fingerprint density at radius 1 is 1.59 bits per heavy atom. The third-order valence-corrected chi connectivity index (χ3v) is 5.19. The lowest BCUT2D eigenvalue weighted by molar-refractivity contribution is 0.0813. The van der Waals surface area contributed by atoms with E-state index in [2.05, 4.69) is 26.2 Å². The predicted molar refractivity (Wildman–Crippen MR) is 73.7 cm³/mol. The van der Waals surface area contributed by atoms with E-state index in [0.29, 0.717) is 9.61 Å². The average Bonchev–Trinajstić information content (AvgIpc) is 2.77. The molecule has 1 aliphatic heterocycles. The third-order valence-electron chi connectivity index (χ3n) is 2.84. The summed E-state index contributed by atoms with van der Waals surface area (Å²) in [5.41, 5.74) is -0.0498. The number of carbonyl (C=O) groups is 1. The first-order valence-corrected chi connectivity index (χ1v) is 8.10. The highest BCUT2D eigenvalue weighted by Crippen LogP contribution is 2.27. The average molecular weight is 337 g/mol. The molecule has 0 unspecified atom stereocenters. The van der Waals surface area contributed by atoms with Crippen molar-refractivity contribution in [3.8, 4) is 0 Å². The van der Waals surface area contributed by atoms with E-state index in [-0.39, 0.29) is 12.5 Å². The molecule has 2 rings (SSSR count). The third kappa shape index (κ3) is 3.21. The molecule has 2 N–H and O–H groups in total. The molecule has 0 radical (unpaired) electrons. The Kier molecular flexibility index (Phi) is 4.46. The van der Waals surface area contributed by atoms with Crippen LogP contribution < -0.4 is 5.32 Å². The predicted octanol–water partition coefficient (Wildman–Crippen LogP) is 1.89. The molecular formula is C10H13BrN2O2S2. The summed E-state index contributed by atoms with van der Waals surface area (Å²) in [7, 11) is 0. The lowest BCUT2D eigenvalue weighted by Gasteiger charge is -2.35. The molecule has 0 spiro atoms. The topological polar surface area (TPSA) is 62.2 Å². The van der Waals surface area contributed by atoms with Crippen molar-refractivity contribution in [2.45, 2.75) is 18.4 Å². The van der Waals surface area contributed by atoms with Crippen molar-refractivity contribution in [3.63, 3.8) is 0 Å². The first-order chi connectivity index (χ1) is 8.15. The highest BCUT2D eigenvalue weighted by molar-refractivity contribution is 9.11. The van der Waals surface area contributed by atoms with E-state index < -0.39 is 5.54 Å². The number of amides is 1. The van der Waals surface area contributed by atoms with Crippen LogP contribution in [0.1, 0.15) is 23.3 Å². The lowest BCUT2D eigenvalue weighted by Crippen LogP contribution is -2.53. The number of aromatic nitrogens is 1. The Balaban J connectivity index is 2.05. The van der Waals surface area contributed by atoms with Crippen LogP contribution in [0.2, 0.25) is 0 Å². The Bertz CT molecular complexity index is 405. The molecule has 0 bridgehead atoms. The van der Waals surface area contributed by atoms with Crippen molar-refractivity contribution in [1.29, 1.82) is 0 Å². The minimum Gasteiger partial charge on any atom is -0.394 e. The van der Waals surface area contributed by atoms with Gasteiger partial charge in [0, 0.05) is 5.38 Å². The molecular weight excluding hydrogens is 324 g/mol. The van der Waals surface area contributed by atoms with Gasteiger partial charge in [0.05, 0.1) is 12.1 Å². The number of nitrogens with zero attached hydrogens (tertiary/aromatic N) is 1. The number of hydrogen-bond donors (Lipinski definition) is 2. The number of nitrogens with one attached hydrogen (secondary N) is 1. The van der Waals surface area contributed by atoms with Crippen LogP contribution in [0.3, 0.4) is 0 Å². The van der Waals surface area contributed by atoms with Gasteiger partial charge in [0.1, 0.15) is 5.69 Å². The quantitative estimate of drug-likeness (QED) is 0.884. The lowest BCUT2D eigenvalue weighted by atomic mass is 9.93. The summed E-state index contributed by atoms with van der Waals surface area (Å²) in [6.07, 6.45) is 1.62. The van der Waals surface area contributed by atoms with Crippen molar-refractivity contribution in [2.24, 2.45) is 0 Å². The maximum atomic E-state index is 12.0. The summed E-state index contributed by atoms with van der Waals surface area (Å²) >= 11 is 6.47. The van der Waals surface area contributed by atoms with E-state index >= 15 is 0 Å². The molecule has 94 valence electrons. The van der Waals surface area contributed by atoms with Crippen molar-refractivity contribution in [3.05, 3.63) is 15.0 Å². The van der Waals surface area contributed by atoms with E-state index in [4.69, 9.17) is 0 Å². The van der Waals surface area contributed by atoms with Crippen molar-refractivity contribution in [1.82, 2.24) is 10.3 Å². The zero-order valence-corrected chi connectivity index (χ0v) is 12.3. The maximum Gasteiger partial charge on any atom is 0.271 e. The van der Waals surface area contributed by atoms with Crippen LogP contribution in [0, 0.1) is 0 Å². The zero-order valence-electron chi connectivity index (χ0n) is 9.11. The highest BCUT2D eigenvalue weighted by atomic mass is 79.9. The normalized spacial score (nSPS) is 18.9. The molecule has 0 saturated carbocycles. The molecule has 7 heteroatoms. The Hall–Kier alpha value is -0.110. The summed E-state index contributed by atoms with van der Waals surface area (Å²) in [5, 5.41) is 14.1. The Morgan fingerprint density at radius 3 is 2.82 bits per heavy atom. The van der Waals surface area contributed by atoms with E-state index in [9.17, 15) is 9.90 Å². The fourth-order valence-electron chi connectivity index (χ4n) is 1.75. The summed E-state index contributed by atoms with van der Waals surface area (Å²) in [6, 6.07) is 0. The molecule has 4 nitrogen and oxygen atoms in total. The SMILES string of the molecule is O=C(NC1(CO)CCSCC1)c1csc(Br)n1. The largest absolute Gasteiger partial charge is 0.394 e. The second-order valence-corrected chi connectivity index (χ2v) is 7.35. The van der Waals surface area contributed by atoms with Gasteiger partial charge in [-0.15, -0.1) is 11.3 Å². The number of carbonyl (C=O) groups excluding carboxylic acids is 1. The van der Waals surface area contributed by atoms with Crippen LogP contribution >= 0.6 is 39.0 Å². The molecule has 0 aromatic carbocycles. The molecule has 1 aromatic rings. The molecule has 2 heterocycles. The van der Waals surface area contributed by atoms with E-state index in [1.807, 2.05) is 11.8 Å². The number of rotatable bonds is 3. The molecule has 1 aromatic heterocycles. The highest BCUT2D eigenvalue weighted by Gasteiger charge is 2.33. The van der Waals surface area contributed by atoms with Crippen LogP contribution in [0.15, 0.2) is 9.30 Å². The monoisotopic (exact) mass is 336 g/mol. The molecule has 1 amide bonds. The van der Waals surface area contributed by atoms with Crippen LogP contribution in [0.4, 0.5) is 0 Å². The molecule has 0 atom stereocenters. The number of halogens is 1. The summed E-state index contributed by atoms with van der Waals surface area (Å²) in [6.45, 7) is -0.00932. The van der Waals surface area contributed by atoms with Gasteiger partial charge in [-0.3, -0.25) is 4.79 Å². The molecule has 1 fully saturated rings. The van der Waals surface area contributed by atoms with Gasteiger partial charge in [0.2, 0.25) is 0 Å². The van der Waals surface area contributed by atoms with Gasteiger partial charge in [-0.05, 0) is 40.3 Å². The standard InChI is InChI=1S/C10H13BrN2O2S2/c11-9-12-7(5-17-9)8(15)13-10(6-14)1-3-16-4-2-10/h5,14H,1-4,6H2,(H,13,15). The van der Waals surface area contributed by atoms with Crippen molar-refractivity contribution < 1.29 is 9.90 Å². The smallest absolute Gasteiger partial charge is 0.271 e.